The SMILES string of the molecule is CC(C)(Nc1nc(N)c2ccccc2n1)C1CCC(CNS(=O)(=O)c2cccc3ccccc23)CC1. The number of hydrogen-bond donors (Lipinski definition) is 3. The first-order chi connectivity index (χ1) is 17.2. The molecule has 0 amide bonds. The number of nitrogens with two attached hydrogens (primary N) is 1. The van der Waals surface area contributed by atoms with E-state index in [2.05, 4.69) is 33.9 Å². The number of hydrogen-bond acceptors (Lipinski definition) is 6. The summed E-state index contributed by atoms with van der Waals surface area (Å²) in [5.74, 6) is 1.75. The number of benzene rings is 3. The second-order valence-electron chi connectivity index (χ2n) is 10.3. The second kappa shape index (κ2) is 9.67. The Labute approximate surface area is 212 Å². The highest BCUT2D eigenvalue weighted by Crippen LogP contribution is 2.37. The molecule has 4 N–H and O–H groups in total. The highest BCUT2D eigenvalue weighted by Gasteiger charge is 2.34. The predicted octanol–water partition coefficient (Wildman–Crippen LogP) is 5.34. The van der Waals surface area contributed by atoms with Crippen molar-refractivity contribution in [3.05, 3.63) is 66.7 Å². The first kappa shape index (κ1) is 24.5. The zero-order valence-corrected chi connectivity index (χ0v) is 21.6. The van der Waals surface area contributed by atoms with E-state index >= 15 is 0 Å². The molecule has 4 aromatic rings. The van der Waals surface area contributed by atoms with Crippen molar-refractivity contribution >= 4 is 43.5 Å². The first-order valence-corrected chi connectivity index (χ1v) is 14.0. The normalized spacial score (nSPS) is 18.9. The van der Waals surface area contributed by atoms with E-state index in [0.717, 1.165) is 47.4 Å². The summed E-state index contributed by atoms with van der Waals surface area (Å²) < 4.78 is 29.1. The standard InChI is InChI=1S/C28H33N5O2S/c1-28(2,33-27-31-24-12-6-5-11-23(24)26(29)32-27)21-16-14-19(15-17-21)18-30-36(34,35)25-13-7-9-20-8-3-4-10-22(20)25/h3-13,19,21,30H,14-18H2,1-2H3,(H3,29,31,32,33). The van der Waals surface area contributed by atoms with Gasteiger partial charge in [-0.3, -0.25) is 0 Å². The van der Waals surface area contributed by atoms with Gasteiger partial charge in [-0.05, 0) is 75.0 Å². The van der Waals surface area contributed by atoms with E-state index < -0.39 is 10.0 Å². The number of fused-ring (bicyclic) bond motifs is 2. The molecule has 0 atom stereocenters. The van der Waals surface area contributed by atoms with Gasteiger partial charge in [-0.1, -0.05) is 48.5 Å². The molecule has 7 nitrogen and oxygen atoms in total. The van der Waals surface area contributed by atoms with Gasteiger partial charge >= 0.3 is 0 Å². The van der Waals surface area contributed by atoms with E-state index in [9.17, 15) is 8.42 Å². The van der Waals surface area contributed by atoms with Crippen LogP contribution in [0.1, 0.15) is 39.5 Å². The Kier molecular flexibility index (Phi) is 6.57. The summed E-state index contributed by atoms with van der Waals surface area (Å²) >= 11 is 0. The lowest BCUT2D eigenvalue weighted by Gasteiger charge is -2.40. The van der Waals surface area contributed by atoms with Gasteiger partial charge in [0.05, 0.1) is 10.4 Å². The smallest absolute Gasteiger partial charge is 0.241 e. The monoisotopic (exact) mass is 503 g/mol. The van der Waals surface area contributed by atoms with Gasteiger partial charge in [-0.15, -0.1) is 0 Å². The Morgan fingerprint density at radius 2 is 1.56 bits per heavy atom. The topological polar surface area (TPSA) is 110 Å². The summed E-state index contributed by atoms with van der Waals surface area (Å²) in [6.45, 7) is 4.81. The van der Waals surface area contributed by atoms with Gasteiger partial charge in [-0.25, -0.2) is 18.1 Å². The van der Waals surface area contributed by atoms with Crippen molar-refractivity contribution in [3.8, 4) is 0 Å². The number of nitrogens with one attached hydrogen (secondary N) is 2. The molecule has 0 saturated heterocycles. The summed E-state index contributed by atoms with van der Waals surface area (Å²) in [6, 6.07) is 20.7. The van der Waals surface area contributed by atoms with Gasteiger partial charge < -0.3 is 11.1 Å². The van der Waals surface area contributed by atoms with Gasteiger partial charge in [0.25, 0.3) is 0 Å². The number of nitrogens with zero attached hydrogens (tertiary/aromatic N) is 2. The predicted molar refractivity (Wildman–Crippen MR) is 146 cm³/mol. The molecule has 0 aliphatic heterocycles. The van der Waals surface area contributed by atoms with Crippen molar-refractivity contribution in [1.29, 1.82) is 0 Å². The lowest BCUT2D eigenvalue weighted by Crippen LogP contribution is -2.43. The summed E-state index contributed by atoms with van der Waals surface area (Å²) in [4.78, 5) is 9.48. The maximum Gasteiger partial charge on any atom is 0.241 e. The summed E-state index contributed by atoms with van der Waals surface area (Å²) in [5.41, 5.74) is 6.77. The van der Waals surface area contributed by atoms with Crippen molar-refractivity contribution in [2.75, 3.05) is 17.6 Å². The van der Waals surface area contributed by atoms with Gasteiger partial charge in [0, 0.05) is 22.9 Å². The van der Waals surface area contributed by atoms with Crippen LogP contribution >= 0.6 is 0 Å². The largest absolute Gasteiger partial charge is 0.383 e. The quantitative estimate of drug-likeness (QED) is 0.314. The van der Waals surface area contributed by atoms with Crippen LogP contribution in [-0.2, 0) is 10.0 Å². The molecular weight excluding hydrogens is 470 g/mol. The van der Waals surface area contributed by atoms with Crippen LogP contribution in [0.15, 0.2) is 71.6 Å². The first-order valence-electron chi connectivity index (χ1n) is 12.5. The molecule has 36 heavy (non-hydrogen) atoms. The lowest BCUT2D eigenvalue weighted by atomic mass is 9.73. The Morgan fingerprint density at radius 1 is 0.889 bits per heavy atom. The zero-order chi connectivity index (χ0) is 25.3. The van der Waals surface area contributed by atoms with E-state index in [4.69, 9.17) is 5.73 Å². The van der Waals surface area contributed by atoms with Gasteiger partial charge in [-0.2, -0.15) is 4.98 Å². The fourth-order valence-electron chi connectivity index (χ4n) is 5.37. The Balaban J connectivity index is 1.20. The minimum Gasteiger partial charge on any atom is -0.383 e. The van der Waals surface area contributed by atoms with Crippen molar-refractivity contribution in [1.82, 2.24) is 14.7 Å². The van der Waals surface area contributed by atoms with Crippen molar-refractivity contribution < 1.29 is 8.42 Å². The minimum atomic E-state index is -3.58. The molecule has 8 heteroatoms. The fraction of sp³-hybridized carbons (Fsp3) is 0.357. The molecule has 1 aliphatic carbocycles. The lowest BCUT2D eigenvalue weighted by molar-refractivity contribution is 0.211. The average molecular weight is 504 g/mol. The molecule has 1 aliphatic rings. The Morgan fingerprint density at radius 3 is 2.33 bits per heavy atom. The fourth-order valence-corrected chi connectivity index (χ4v) is 6.71. The molecular formula is C28H33N5O2S. The third-order valence-corrected chi connectivity index (χ3v) is 9.02. The van der Waals surface area contributed by atoms with E-state index in [1.807, 2.05) is 54.6 Å². The van der Waals surface area contributed by atoms with Crippen LogP contribution in [0.5, 0.6) is 0 Å². The summed E-state index contributed by atoms with van der Waals surface area (Å²) in [6.07, 6.45) is 3.94. The van der Waals surface area contributed by atoms with E-state index in [-0.39, 0.29) is 5.54 Å². The molecule has 0 unspecified atom stereocenters. The highest BCUT2D eigenvalue weighted by molar-refractivity contribution is 7.89. The highest BCUT2D eigenvalue weighted by atomic mass is 32.2. The van der Waals surface area contributed by atoms with Crippen LogP contribution in [0.25, 0.3) is 21.7 Å². The van der Waals surface area contributed by atoms with Crippen molar-refractivity contribution in [2.45, 2.75) is 50.0 Å². The van der Waals surface area contributed by atoms with E-state index in [0.29, 0.717) is 35.0 Å². The van der Waals surface area contributed by atoms with Crippen LogP contribution in [-0.4, -0.2) is 30.5 Å². The van der Waals surface area contributed by atoms with Gasteiger partial charge in [0.2, 0.25) is 16.0 Å². The molecule has 188 valence electrons. The third-order valence-electron chi connectivity index (χ3n) is 7.54. The zero-order valence-electron chi connectivity index (χ0n) is 20.7. The van der Waals surface area contributed by atoms with Crippen LogP contribution in [0.4, 0.5) is 11.8 Å². The molecule has 0 spiro atoms. The van der Waals surface area contributed by atoms with Crippen molar-refractivity contribution in [3.63, 3.8) is 0 Å². The van der Waals surface area contributed by atoms with Crippen LogP contribution < -0.4 is 15.8 Å². The average Bonchev–Trinajstić information content (AvgIpc) is 2.87. The van der Waals surface area contributed by atoms with Gasteiger partial charge in [0.15, 0.2) is 0 Å². The van der Waals surface area contributed by atoms with E-state index in [1.165, 1.54) is 0 Å². The number of aromatic nitrogens is 2. The van der Waals surface area contributed by atoms with Crippen LogP contribution in [0.2, 0.25) is 0 Å². The maximum atomic E-state index is 13.1. The Hall–Kier alpha value is -3.23. The second-order valence-corrected chi connectivity index (χ2v) is 12.1. The number of nitrogen functional groups attached to an aromatic ring is 1. The number of anilines is 2. The van der Waals surface area contributed by atoms with Gasteiger partial charge in [0.1, 0.15) is 5.82 Å². The number of para-hydroxylation sites is 1. The molecule has 1 fully saturated rings. The molecule has 0 bridgehead atoms. The Bertz CT molecular complexity index is 1490. The number of rotatable bonds is 7. The minimum absolute atomic E-state index is 0.220. The number of sulfonamides is 1. The molecule has 1 aromatic heterocycles. The maximum absolute atomic E-state index is 13.1. The third kappa shape index (κ3) is 5.01. The molecule has 3 aromatic carbocycles. The summed E-state index contributed by atoms with van der Waals surface area (Å²) in [5, 5.41) is 6.05. The van der Waals surface area contributed by atoms with E-state index in [1.54, 1.807) is 12.1 Å². The van der Waals surface area contributed by atoms with Crippen molar-refractivity contribution in [2.24, 2.45) is 11.8 Å². The summed E-state index contributed by atoms with van der Waals surface area (Å²) in [7, 11) is -3.58. The molecule has 1 heterocycles. The van der Waals surface area contributed by atoms with Crippen LogP contribution in [0.3, 0.4) is 0 Å². The molecule has 0 radical (unpaired) electrons. The molecule has 1 saturated carbocycles. The van der Waals surface area contributed by atoms with Crippen LogP contribution in [0, 0.1) is 11.8 Å². The molecule has 5 rings (SSSR count).